The highest BCUT2D eigenvalue weighted by molar-refractivity contribution is 7.80. The van der Waals surface area contributed by atoms with Crippen LogP contribution in [-0.2, 0) is 35.8 Å². The van der Waals surface area contributed by atoms with Crippen LogP contribution in [0.1, 0.15) is 101 Å². The molecule has 2 aromatic heterocycles. The number of rotatable bonds is 12. The zero-order valence-electron chi connectivity index (χ0n) is 41.6. The number of aliphatic imine (C=N–C) groups is 1. The molecular weight excluding hydrogens is 956 g/mol. The van der Waals surface area contributed by atoms with Crippen molar-refractivity contribution < 1.29 is 19.2 Å². The van der Waals surface area contributed by atoms with Gasteiger partial charge in [-0.1, -0.05) is 116 Å². The van der Waals surface area contributed by atoms with Crippen molar-refractivity contribution in [2.24, 2.45) is 15.8 Å². The highest BCUT2D eigenvalue weighted by atomic mass is 35.5. The van der Waals surface area contributed by atoms with E-state index < -0.39 is 22.9 Å². The monoisotopic (exact) mass is 1020 g/mol. The van der Waals surface area contributed by atoms with Gasteiger partial charge in [0.05, 0.1) is 28.4 Å². The first-order valence-electron chi connectivity index (χ1n) is 23.1. The van der Waals surface area contributed by atoms with E-state index in [2.05, 4.69) is 87.1 Å². The third-order valence-electron chi connectivity index (χ3n) is 10.9. The smallest absolute Gasteiger partial charge is 0.272 e. The van der Waals surface area contributed by atoms with Crippen LogP contribution < -0.4 is 31.9 Å². The van der Waals surface area contributed by atoms with Crippen LogP contribution >= 0.6 is 47.6 Å². The molecule has 4 heterocycles. The van der Waals surface area contributed by atoms with Gasteiger partial charge in [-0.05, 0) is 48.1 Å². The summed E-state index contributed by atoms with van der Waals surface area (Å²) in [7, 11) is 3.14. The van der Waals surface area contributed by atoms with Crippen LogP contribution in [0.2, 0.25) is 0 Å². The summed E-state index contributed by atoms with van der Waals surface area (Å²) in [5.41, 5.74) is 3.38. The normalized spacial score (nSPS) is 13.5. The molecular formula is C49H70Cl2N12O4S2. The molecule has 0 aliphatic carbocycles. The molecule has 6 rings (SSSR count). The number of hydrogen-bond donors (Lipinski definition) is 6. The molecule has 4 amide bonds. The molecule has 2 aromatic carbocycles. The molecule has 20 heteroatoms. The Labute approximate surface area is 428 Å². The van der Waals surface area contributed by atoms with Gasteiger partial charge >= 0.3 is 0 Å². The first-order valence-corrected chi connectivity index (χ1v) is 24.9. The van der Waals surface area contributed by atoms with Gasteiger partial charge in [-0.2, -0.15) is 0 Å². The summed E-state index contributed by atoms with van der Waals surface area (Å²) in [6, 6.07) is 18.3. The molecule has 2 aliphatic rings. The second-order valence-electron chi connectivity index (χ2n) is 18.2. The van der Waals surface area contributed by atoms with Crippen molar-refractivity contribution in [2.45, 2.75) is 106 Å². The van der Waals surface area contributed by atoms with E-state index in [1.807, 2.05) is 102 Å². The highest BCUT2D eigenvalue weighted by Gasteiger charge is 2.37. The predicted molar refractivity (Wildman–Crippen MR) is 285 cm³/mol. The van der Waals surface area contributed by atoms with Gasteiger partial charge in [-0.3, -0.25) is 19.2 Å². The second-order valence-corrected chi connectivity index (χ2v) is 19.6. The van der Waals surface area contributed by atoms with Crippen LogP contribution in [0.5, 0.6) is 0 Å². The van der Waals surface area contributed by atoms with Gasteiger partial charge in [-0.25, -0.2) is 15.0 Å². The molecule has 0 saturated heterocycles. The molecule has 6 N–H and O–H groups in total. The summed E-state index contributed by atoms with van der Waals surface area (Å²) in [5.74, 6) is 0.385. The number of thiocarbonyl (C=S) groups is 2. The van der Waals surface area contributed by atoms with Crippen LogP contribution in [0.15, 0.2) is 65.7 Å². The summed E-state index contributed by atoms with van der Waals surface area (Å²) < 4.78 is 4.18. The average Bonchev–Trinajstić information content (AvgIpc) is 3.93. The fraction of sp³-hybridized carbons (Fsp3) is 0.510. The Balaban J connectivity index is 0.000000315. The Morgan fingerprint density at radius 1 is 0.754 bits per heavy atom. The lowest BCUT2D eigenvalue weighted by molar-refractivity contribution is -0.125. The highest BCUT2D eigenvalue weighted by Crippen LogP contribution is 2.29. The molecule has 16 nitrogen and oxygen atoms in total. The zero-order chi connectivity index (χ0) is 51.3. The molecule has 2 aliphatic heterocycles. The largest absolute Gasteiger partial charge is 0.363 e. The molecule has 69 heavy (non-hydrogen) atoms. The van der Waals surface area contributed by atoms with Gasteiger partial charge in [0, 0.05) is 71.0 Å². The first-order chi connectivity index (χ1) is 32.8. The van der Waals surface area contributed by atoms with E-state index in [9.17, 15) is 19.2 Å². The van der Waals surface area contributed by atoms with Crippen molar-refractivity contribution in [2.75, 3.05) is 45.6 Å². The van der Waals surface area contributed by atoms with Crippen LogP contribution in [0, 0.1) is 10.8 Å². The van der Waals surface area contributed by atoms with Crippen molar-refractivity contribution in [1.29, 1.82) is 0 Å². The number of benzene rings is 2. The van der Waals surface area contributed by atoms with Crippen LogP contribution in [0.25, 0.3) is 22.8 Å². The molecule has 2 atom stereocenters. The minimum Gasteiger partial charge on any atom is -0.363 e. The summed E-state index contributed by atoms with van der Waals surface area (Å²) >= 11 is 19.4. The lowest BCUT2D eigenvalue weighted by Crippen LogP contribution is -2.53. The maximum Gasteiger partial charge on any atom is 0.272 e. The van der Waals surface area contributed by atoms with Crippen molar-refractivity contribution in [3.05, 3.63) is 83.4 Å². The zero-order valence-corrected chi connectivity index (χ0v) is 44.7. The lowest BCUT2D eigenvalue weighted by Gasteiger charge is -2.32. The number of halogens is 2. The summed E-state index contributed by atoms with van der Waals surface area (Å²) in [5, 5.41) is 20.8. The molecule has 0 spiro atoms. The van der Waals surface area contributed by atoms with Gasteiger partial charge in [-0.15, -0.1) is 23.2 Å². The molecule has 4 aromatic rings. The number of nitrogens with zero attached hydrogens (tertiary/aromatic N) is 6. The topological polar surface area (TPSA) is 192 Å². The Hall–Kier alpha value is -5.23. The van der Waals surface area contributed by atoms with Gasteiger partial charge in [0.15, 0.2) is 16.5 Å². The van der Waals surface area contributed by atoms with E-state index in [1.165, 1.54) is 0 Å². The average molecular weight is 1030 g/mol. The number of nitrogens with one attached hydrogen (secondary N) is 6. The van der Waals surface area contributed by atoms with Crippen molar-refractivity contribution >= 4 is 81.5 Å². The Bertz CT molecular complexity index is 2360. The predicted octanol–water partition coefficient (Wildman–Crippen LogP) is 7.01. The number of likely N-dealkylation sites (N-methyl/N-ethyl adjacent to an activating group) is 2. The minimum absolute atomic E-state index is 0.194. The second kappa shape index (κ2) is 28.4. The fourth-order valence-electron chi connectivity index (χ4n) is 7.36. The number of carbonyl (C=O) groups excluding carboxylic acids is 4. The van der Waals surface area contributed by atoms with Crippen molar-refractivity contribution in [3.8, 4) is 22.8 Å². The Morgan fingerprint density at radius 3 is 1.62 bits per heavy atom. The number of aromatic nitrogens is 4. The van der Waals surface area contributed by atoms with Crippen molar-refractivity contribution in [3.63, 3.8) is 0 Å². The quantitative estimate of drug-likeness (QED) is 0.0487. The van der Waals surface area contributed by atoms with Gasteiger partial charge < -0.3 is 45.9 Å². The molecule has 0 bridgehead atoms. The maximum absolute atomic E-state index is 13.5. The minimum atomic E-state index is -0.695. The van der Waals surface area contributed by atoms with Gasteiger partial charge in [0.25, 0.3) is 11.8 Å². The number of alkyl halides is 2. The van der Waals surface area contributed by atoms with E-state index in [1.54, 1.807) is 14.1 Å². The van der Waals surface area contributed by atoms with E-state index in [4.69, 9.17) is 40.4 Å². The lowest BCUT2D eigenvalue weighted by atomic mass is 9.86. The number of isothiocyanates is 1. The number of fused-ring (bicyclic) bond motifs is 2. The maximum atomic E-state index is 13.5. The summed E-state index contributed by atoms with van der Waals surface area (Å²) in [6.45, 7) is 21.3. The number of hydrogen-bond acceptors (Lipinski definition) is 10. The van der Waals surface area contributed by atoms with E-state index >= 15 is 0 Å². The van der Waals surface area contributed by atoms with Crippen LogP contribution in [-0.4, -0.2) is 116 Å². The third kappa shape index (κ3) is 16.7. The Kier molecular flexibility index (Phi) is 23.9. The number of carbonyl (C=O) groups is 4. The molecule has 0 radical (unpaired) electrons. The number of imidazole rings is 2. The van der Waals surface area contributed by atoms with E-state index in [-0.39, 0.29) is 29.0 Å². The number of amides is 4. The molecule has 0 fully saturated rings. The summed E-state index contributed by atoms with van der Waals surface area (Å²) in [6.07, 6.45) is 2.04. The molecule has 0 unspecified atom stereocenters. The van der Waals surface area contributed by atoms with Crippen LogP contribution in [0.4, 0.5) is 0 Å². The van der Waals surface area contributed by atoms with E-state index in [0.717, 1.165) is 79.7 Å². The van der Waals surface area contributed by atoms with Gasteiger partial charge in [0.1, 0.15) is 23.7 Å². The van der Waals surface area contributed by atoms with Gasteiger partial charge in [0.2, 0.25) is 11.8 Å². The van der Waals surface area contributed by atoms with Crippen LogP contribution in [0.3, 0.4) is 0 Å². The molecule has 0 saturated carbocycles. The Morgan fingerprint density at radius 2 is 1.22 bits per heavy atom. The fourth-order valence-corrected chi connectivity index (χ4v) is 7.71. The third-order valence-corrected chi connectivity index (χ3v) is 11.4. The summed E-state index contributed by atoms with van der Waals surface area (Å²) in [4.78, 5) is 66.4. The van der Waals surface area contributed by atoms with E-state index in [0.29, 0.717) is 36.1 Å². The van der Waals surface area contributed by atoms with Crippen molar-refractivity contribution in [1.82, 2.24) is 55.9 Å². The first kappa shape index (κ1) is 58.1. The molecule has 376 valence electrons. The standard InChI is InChI=1S/C24H34N6O2S.C20H27N5O2.C4H7NS.CH2Cl2/c1-6-12-26-23(33)29-13-14-30-17(15-29)18(27-20(30)16-10-8-7-9-11-16)21(31)28-19(22(32)25-5)24(2,3)4;1-20(2,3)16(19(27)21-4)24-18(26)15-14-12-22-10-11-25(14)17(23-15)13-8-6-5-7-9-13;1-2-3-5-4-6;2-1-3/h7-11,19H,6,12-15H2,1-5H3,(H,25,32)(H,26,33)(H,28,31);5-9,16,22H,10-12H2,1-4H3,(H,21,27)(H,24,26);2-3H2,1H3;1H2/t19-;16-;;/m11../s1. The SMILES string of the molecule is CCCN=C=S.CCCNC(=S)N1CCn2c(-c3ccccc3)nc(C(=O)N[C@H](C(=O)NC)C(C)(C)C)c2C1.CNC(=O)[C@@H](NC(=O)c1nc(-c2ccccc2)n2c1CNCC2)C(C)(C)C.ClCCl.